The molecule has 6 aromatic carbocycles. The number of benzene rings is 6. The van der Waals surface area contributed by atoms with Crippen molar-refractivity contribution in [3.05, 3.63) is 127 Å². The SMILES string of the molecule is c1ccc2c(c1)ccc1c3ccccc3n(-c3ccc(C4Nc5ccc6sc7ccccc7c6c5S4)cc3)c21. The molecule has 184 valence electrons. The van der Waals surface area contributed by atoms with E-state index < -0.39 is 0 Å². The summed E-state index contributed by atoms with van der Waals surface area (Å²) < 4.78 is 5.15. The Labute approximate surface area is 233 Å². The first kappa shape index (κ1) is 21.7. The van der Waals surface area contributed by atoms with Crippen LogP contribution >= 0.6 is 23.1 Å². The number of nitrogens with zero attached hydrogens (tertiary/aromatic N) is 1. The monoisotopic (exact) mass is 534 g/mol. The molecule has 0 saturated carbocycles. The Morgan fingerprint density at radius 1 is 0.590 bits per heavy atom. The van der Waals surface area contributed by atoms with Crippen LogP contribution in [-0.4, -0.2) is 4.57 Å². The molecule has 0 fully saturated rings. The van der Waals surface area contributed by atoms with Crippen LogP contribution in [0.15, 0.2) is 126 Å². The molecule has 0 amide bonds. The van der Waals surface area contributed by atoms with Gasteiger partial charge in [0.15, 0.2) is 0 Å². The lowest BCUT2D eigenvalue weighted by Gasteiger charge is -2.14. The highest BCUT2D eigenvalue weighted by Gasteiger charge is 2.26. The van der Waals surface area contributed by atoms with Crippen LogP contribution in [0.3, 0.4) is 0 Å². The molecule has 0 spiro atoms. The van der Waals surface area contributed by atoms with Gasteiger partial charge in [-0.3, -0.25) is 0 Å². The fraction of sp³-hybridized carbons (Fsp3) is 0.0286. The number of thioether (sulfide) groups is 1. The van der Waals surface area contributed by atoms with Crippen LogP contribution in [0.1, 0.15) is 10.9 Å². The van der Waals surface area contributed by atoms with Crippen molar-refractivity contribution >= 4 is 81.5 Å². The highest BCUT2D eigenvalue weighted by atomic mass is 32.2. The maximum Gasteiger partial charge on any atom is 0.103 e. The quantitative estimate of drug-likeness (QED) is 0.238. The van der Waals surface area contributed by atoms with E-state index in [1.165, 1.54) is 74.6 Å². The van der Waals surface area contributed by atoms with E-state index in [1.807, 2.05) is 23.1 Å². The number of aromatic nitrogens is 1. The molecule has 1 aliphatic rings. The number of hydrogen-bond donors (Lipinski definition) is 1. The number of nitrogens with one attached hydrogen (secondary N) is 1. The van der Waals surface area contributed by atoms with Gasteiger partial charge >= 0.3 is 0 Å². The highest BCUT2D eigenvalue weighted by Crippen LogP contribution is 2.52. The van der Waals surface area contributed by atoms with Crippen molar-refractivity contribution in [1.82, 2.24) is 4.57 Å². The summed E-state index contributed by atoms with van der Waals surface area (Å²) >= 11 is 3.82. The van der Waals surface area contributed by atoms with Crippen molar-refractivity contribution in [3.63, 3.8) is 0 Å². The third kappa shape index (κ3) is 3.10. The zero-order valence-corrected chi connectivity index (χ0v) is 22.5. The zero-order chi connectivity index (χ0) is 25.5. The first-order valence-electron chi connectivity index (χ1n) is 13.2. The third-order valence-corrected chi connectivity index (χ3v) is 10.5. The van der Waals surface area contributed by atoms with E-state index in [-0.39, 0.29) is 5.37 Å². The summed E-state index contributed by atoms with van der Waals surface area (Å²) in [5.41, 5.74) is 6.23. The van der Waals surface area contributed by atoms with Crippen LogP contribution in [0.25, 0.3) is 58.4 Å². The lowest BCUT2D eigenvalue weighted by molar-refractivity contribution is 1.12. The van der Waals surface area contributed by atoms with Crippen molar-refractivity contribution in [2.45, 2.75) is 10.3 Å². The number of hydrogen-bond acceptors (Lipinski definition) is 3. The summed E-state index contributed by atoms with van der Waals surface area (Å²) in [5, 5.41) is 11.9. The number of thiophene rings is 1. The number of para-hydroxylation sites is 1. The van der Waals surface area contributed by atoms with E-state index in [9.17, 15) is 0 Å². The number of rotatable bonds is 2. The zero-order valence-electron chi connectivity index (χ0n) is 20.9. The predicted octanol–water partition coefficient (Wildman–Crippen LogP) is 10.5. The molecule has 0 radical (unpaired) electrons. The standard InChI is InChI=1S/C35H22N2S2/c1-2-8-24-21(7-1)15-18-26-25-9-3-5-11-29(25)37(33(24)26)23-16-13-22(14-17-23)35-36-28-19-20-31-32(34(28)39-35)27-10-4-6-12-30(27)38-31/h1-20,35-36H. The molecule has 1 N–H and O–H groups in total. The van der Waals surface area contributed by atoms with Crippen LogP contribution < -0.4 is 5.32 Å². The minimum atomic E-state index is 0.192. The molecule has 2 nitrogen and oxygen atoms in total. The van der Waals surface area contributed by atoms with E-state index in [2.05, 4.69) is 131 Å². The van der Waals surface area contributed by atoms with Gasteiger partial charge in [0.25, 0.3) is 0 Å². The largest absolute Gasteiger partial charge is 0.368 e. The molecule has 1 unspecified atom stereocenters. The fourth-order valence-corrected chi connectivity index (χ4v) is 8.74. The van der Waals surface area contributed by atoms with Crippen LogP contribution in [0.5, 0.6) is 0 Å². The van der Waals surface area contributed by atoms with Gasteiger partial charge in [0, 0.05) is 52.6 Å². The molecular formula is C35H22N2S2. The van der Waals surface area contributed by atoms with Gasteiger partial charge < -0.3 is 9.88 Å². The van der Waals surface area contributed by atoms with Gasteiger partial charge in [-0.25, -0.2) is 0 Å². The summed E-state index contributed by atoms with van der Waals surface area (Å²) in [7, 11) is 0. The van der Waals surface area contributed by atoms with Gasteiger partial charge in [-0.2, -0.15) is 0 Å². The van der Waals surface area contributed by atoms with Gasteiger partial charge in [0.05, 0.1) is 11.0 Å². The van der Waals surface area contributed by atoms with Crippen molar-refractivity contribution < 1.29 is 0 Å². The van der Waals surface area contributed by atoms with Crippen LogP contribution in [0, 0.1) is 0 Å². The summed E-state index contributed by atoms with van der Waals surface area (Å²) in [6.45, 7) is 0. The molecule has 0 saturated heterocycles. The minimum absolute atomic E-state index is 0.192. The van der Waals surface area contributed by atoms with Crippen molar-refractivity contribution in [1.29, 1.82) is 0 Å². The first-order chi connectivity index (χ1) is 19.3. The average molecular weight is 535 g/mol. The van der Waals surface area contributed by atoms with E-state index in [1.54, 1.807) is 0 Å². The molecular weight excluding hydrogens is 513 g/mol. The topological polar surface area (TPSA) is 17.0 Å². The maximum absolute atomic E-state index is 3.80. The van der Waals surface area contributed by atoms with Gasteiger partial charge in [-0.1, -0.05) is 96.7 Å². The van der Waals surface area contributed by atoms with E-state index in [0.717, 1.165) is 0 Å². The number of fused-ring (bicyclic) bond motifs is 10. The van der Waals surface area contributed by atoms with E-state index in [4.69, 9.17) is 0 Å². The predicted molar refractivity (Wildman–Crippen MR) is 170 cm³/mol. The summed E-state index contributed by atoms with van der Waals surface area (Å²) in [5.74, 6) is 0. The average Bonchev–Trinajstić information content (AvgIpc) is 3.68. The first-order valence-corrected chi connectivity index (χ1v) is 14.9. The maximum atomic E-state index is 3.80. The van der Waals surface area contributed by atoms with Crippen LogP contribution in [0.4, 0.5) is 5.69 Å². The fourth-order valence-electron chi connectivity index (χ4n) is 6.26. The Morgan fingerprint density at radius 2 is 1.36 bits per heavy atom. The molecule has 3 heterocycles. The Hall–Kier alpha value is -4.25. The van der Waals surface area contributed by atoms with Crippen LogP contribution in [-0.2, 0) is 0 Å². The Kier molecular flexibility index (Phi) is 4.51. The molecule has 1 aliphatic heterocycles. The number of anilines is 1. The second-order valence-corrected chi connectivity index (χ2v) is 12.4. The third-order valence-electron chi connectivity index (χ3n) is 8.03. The molecule has 4 heteroatoms. The van der Waals surface area contributed by atoms with Gasteiger partial charge in [-0.05, 0) is 47.3 Å². The molecule has 1 atom stereocenters. The van der Waals surface area contributed by atoms with E-state index >= 15 is 0 Å². The minimum Gasteiger partial charge on any atom is -0.368 e. The second-order valence-electron chi connectivity index (χ2n) is 10.2. The van der Waals surface area contributed by atoms with Crippen molar-refractivity contribution in [3.8, 4) is 5.69 Å². The molecule has 8 aromatic rings. The summed E-state index contributed by atoms with van der Waals surface area (Å²) in [6, 6.07) is 44.4. The molecule has 0 bridgehead atoms. The Bertz CT molecular complexity index is 2240. The Morgan fingerprint density at radius 3 is 2.26 bits per heavy atom. The second kappa shape index (κ2) is 8.12. The molecule has 9 rings (SSSR count). The van der Waals surface area contributed by atoms with Gasteiger partial charge in [0.1, 0.15) is 5.37 Å². The highest BCUT2D eigenvalue weighted by molar-refractivity contribution is 8.00. The molecule has 0 aliphatic carbocycles. The van der Waals surface area contributed by atoms with Gasteiger partial charge in [0.2, 0.25) is 0 Å². The lowest BCUT2D eigenvalue weighted by atomic mass is 10.1. The summed E-state index contributed by atoms with van der Waals surface area (Å²) in [6.07, 6.45) is 0. The molecule has 2 aromatic heterocycles. The van der Waals surface area contributed by atoms with E-state index in [0.29, 0.717) is 0 Å². The molecule has 39 heavy (non-hydrogen) atoms. The lowest BCUT2D eigenvalue weighted by Crippen LogP contribution is -2.02. The van der Waals surface area contributed by atoms with Crippen molar-refractivity contribution in [2.24, 2.45) is 0 Å². The summed E-state index contributed by atoms with van der Waals surface area (Å²) in [4.78, 5) is 1.37. The Balaban J connectivity index is 1.16. The normalized spacial score (nSPS) is 15.0. The van der Waals surface area contributed by atoms with Crippen molar-refractivity contribution in [2.75, 3.05) is 5.32 Å². The van der Waals surface area contributed by atoms with Crippen LogP contribution in [0.2, 0.25) is 0 Å². The van der Waals surface area contributed by atoms with Gasteiger partial charge in [-0.15, -0.1) is 11.3 Å². The smallest absolute Gasteiger partial charge is 0.103 e.